The van der Waals surface area contributed by atoms with Crippen molar-refractivity contribution in [2.45, 2.75) is 90.0 Å². The Hall–Kier alpha value is -0.990. The molecule has 5 N–H and O–H groups in total. The topological polar surface area (TPSA) is 131 Å². The van der Waals surface area contributed by atoms with Gasteiger partial charge in [0.2, 0.25) is 11.8 Å². The van der Waals surface area contributed by atoms with Crippen molar-refractivity contribution in [2.24, 2.45) is 5.92 Å². The van der Waals surface area contributed by atoms with Crippen LogP contribution in [0, 0.1) is 5.92 Å². The van der Waals surface area contributed by atoms with E-state index in [4.69, 9.17) is 0 Å². The summed E-state index contributed by atoms with van der Waals surface area (Å²) in [4.78, 5) is 47.2. The van der Waals surface area contributed by atoms with Crippen LogP contribution in [-0.2, 0) is 14.2 Å². The third kappa shape index (κ3) is 11.4. The lowest BCUT2D eigenvalue weighted by Crippen LogP contribution is -2.54. The summed E-state index contributed by atoms with van der Waals surface area (Å²) in [6.45, 7) is 8.15. The van der Waals surface area contributed by atoms with Crippen LogP contribution in [0.1, 0.15) is 72.1 Å². The highest BCUT2D eigenvalue weighted by Crippen LogP contribution is 2.41. The van der Waals surface area contributed by atoms with Crippen LogP contribution in [0.15, 0.2) is 0 Å². The molecule has 0 aromatic rings. The van der Waals surface area contributed by atoms with Crippen LogP contribution in [0.5, 0.6) is 0 Å². The summed E-state index contributed by atoms with van der Waals surface area (Å²) >= 11 is 0. The summed E-state index contributed by atoms with van der Waals surface area (Å²) in [6.07, 6.45) is 5.96. The van der Waals surface area contributed by atoms with Gasteiger partial charge in [-0.2, -0.15) is 0 Å². The highest BCUT2D eigenvalue weighted by molar-refractivity contribution is 7.52. The van der Waals surface area contributed by atoms with Crippen LogP contribution in [0.4, 0.5) is 0 Å². The zero-order valence-electron chi connectivity index (χ0n) is 19.6. The molecule has 10 heteroatoms. The Balaban J connectivity index is 2.86. The molecule has 0 aromatic carbocycles. The molecule has 9 nitrogen and oxygen atoms in total. The maximum absolute atomic E-state index is 13.0. The van der Waals surface area contributed by atoms with Crippen LogP contribution >= 0.6 is 7.60 Å². The van der Waals surface area contributed by atoms with Crippen LogP contribution < -0.4 is 16.0 Å². The molecule has 0 aromatic heterocycles. The third-order valence-corrected chi connectivity index (χ3v) is 6.97. The molecular weight excluding hydrogens is 419 g/mol. The van der Waals surface area contributed by atoms with Gasteiger partial charge in [0, 0.05) is 6.54 Å². The second kappa shape index (κ2) is 14.2. The average Bonchev–Trinajstić information content (AvgIpc) is 2.69. The molecule has 1 rings (SSSR count). The fourth-order valence-electron chi connectivity index (χ4n) is 3.81. The van der Waals surface area contributed by atoms with Gasteiger partial charge in [0.25, 0.3) is 0 Å². The van der Waals surface area contributed by atoms with Gasteiger partial charge in [-0.1, -0.05) is 27.2 Å². The molecule has 2 amide bonds. The van der Waals surface area contributed by atoms with Crippen molar-refractivity contribution in [3.05, 3.63) is 0 Å². The van der Waals surface area contributed by atoms with E-state index in [9.17, 15) is 23.9 Å². The maximum atomic E-state index is 13.0. The van der Waals surface area contributed by atoms with E-state index in [1.165, 1.54) is 0 Å². The number of nitrogens with one attached hydrogen (secondary N) is 3. The Morgan fingerprint density at radius 1 is 1.19 bits per heavy atom. The van der Waals surface area contributed by atoms with E-state index < -0.39 is 25.5 Å². The zero-order chi connectivity index (χ0) is 23.4. The van der Waals surface area contributed by atoms with Crippen molar-refractivity contribution in [1.82, 2.24) is 20.9 Å². The number of carbonyl (C=O) groups is 2. The van der Waals surface area contributed by atoms with Gasteiger partial charge in [0.1, 0.15) is 11.8 Å². The van der Waals surface area contributed by atoms with Gasteiger partial charge in [-0.05, 0) is 71.0 Å². The fraction of sp³-hybridized carbons (Fsp3) is 0.905. The van der Waals surface area contributed by atoms with E-state index >= 15 is 0 Å². The summed E-state index contributed by atoms with van der Waals surface area (Å²) in [5.41, 5.74) is 0. The first-order valence-corrected chi connectivity index (χ1v) is 13.3. The van der Waals surface area contributed by atoms with E-state index in [2.05, 4.69) is 27.9 Å². The SMILES string of the molecule is CC[C@H](N[C@@H](CC(C)C)C(=O)N[C@H]1CCCCN(C)CCCCCNC1=O)P(=O)(O)O. The number of hydrogen-bond donors (Lipinski definition) is 5. The van der Waals surface area contributed by atoms with Gasteiger partial charge in [-0.3, -0.25) is 19.5 Å². The minimum absolute atomic E-state index is 0.141. The van der Waals surface area contributed by atoms with Gasteiger partial charge in [-0.15, -0.1) is 0 Å². The second-order valence-electron chi connectivity index (χ2n) is 9.07. The molecule has 0 spiro atoms. The molecule has 1 saturated heterocycles. The molecule has 0 radical (unpaired) electrons. The molecule has 1 aliphatic rings. The van der Waals surface area contributed by atoms with Crippen molar-refractivity contribution in [2.75, 3.05) is 26.7 Å². The first-order valence-electron chi connectivity index (χ1n) is 11.6. The second-order valence-corrected chi connectivity index (χ2v) is 10.9. The summed E-state index contributed by atoms with van der Waals surface area (Å²) < 4.78 is 11.8. The van der Waals surface area contributed by atoms with Gasteiger partial charge < -0.3 is 25.3 Å². The lowest BCUT2D eigenvalue weighted by molar-refractivity contribution is -0.130. The molecule has 1 heterocycles. The third-order valence-electron chi connectivity index (χ3n) is 5.64. The van der Waals surface area contributed by atoms with E-state index in [-0.39, 0.29) is 24.2 Å². The molecule has 3 atom stereocenters. The monoisotopic (exact) mass is 462 g/mol. The molecule has 0 bridgehead atoms. The minimum atomic E-state index is -4.38. The first kappa shape index (κ1) is 28.0. The van der Waals surface area contributed by atoms with E-state index in [0.717, 1.165) is 45.2 Å². The van der Waals surface area contributed by atoms with Crippen LogP contribution in [-0.4, -0.2) is 71.0 Å². The number of hydrogen-bond acceptors (Lipinski definition) is 5. The van der Waals surface area contributed by atoms with Gasteiger partial charge in [0.05, 0.1) is 6.04 Å². The highest BCUT2D eigenvalue weighted by atomic mass is 31.2. The Morgan fingerprint density at radius 3 is 2.42 bits per heavy atom. The van der Waals surface area contributed by atoms with Crippen molar-refractivity contribution >= 4 is 19.4 Å². The molecular formula is C21H43N4O5P. The standard InChI is InChI=1S/C21H43N4O5P/c1-5-19(31(28,29)30)23-18(15-16(2)3)21(27)24-17-11-7-10-14-25(4)13-9-6-8-12-22-20(17)26/h16-19,23H,5-15H2,1-4H3,(H,22,26)(H,24,27)(H2,28,29,30)/t17-,18-,19+/m0/s1. The summed E-state index contributed by atoms with van der Waals surface area (Å²) in [6, 6.07) is -1.42. The van der Waals surface area contributed by atoms with Gasteiger partial charge in [0.15, 0.2) is 0 Å². The fourth-order valence-corrected chi connectivity index (χ4v) is 4.66. The lowest BCUT2D eigenvalue weighted by Gasteiger charge is -2.28. The number of amides is 2. The van der Waals surface area contributed by atoms with Crippen LogP contribution in [0.3, 0.4) is 0 Å². The molecule has 182 valence electrons. The van der Waals surface area contributed by atoms with Crippen molar-refractivity contribution < 1.29 is 23.9 Å². The molecule has 0 unspecified atom stereocenters. The largest absolute Gasteiger partial charge is 0.354 e. The highest BCUT2D eigenvalue weighted by Gasteiger charge is 2.33. The summed E-state index contributed by atoms with van der Waals surface area (Å²) in [5, 5.41) is 8.63. The van der Waals surface area contributed by atoms with E-state index in [0.29, 0.717) is 19.4 Å². The van der Waals surface area contributed by atoms with Crippen molar-refractivity contribution in [3.63, 3.8) is 0 Å². The molecule has 1 fully saturated rings. The van der Waals surface area contributed by atoms with E-state index in [1.54, 1.807) is 6.92 Å². The number of rotatable bonds is 8. The Kier molecular flexibility index (Phi) is 12.9. The number of carbonyl (C=O) groups excluding carboxylic acids is 2. The van der Waals surface area contributed by atoms with Crippen LogP contribution in [0.2, 0.25) is 0 Å². The smallest absolute Gasteiger partial charge is 0.342 e. The first-order chi connectivity index (χ1) is 14.5. The zero-order valence-corrected chi connectivity index (χ0v) is 20.5. The predicted octanol–water partition coefficient (Wildman–Crippen LogP) is 1.79. The van der Waals surface area contributed by atoms with Gasteiger partial charge in [-0.25, -0.2) is 0 Å². The molecule has 0 aliphatic carbocycles. The Morgan fingerprint density at radius 2 is 1.84 bits per heavy atom. The Bertz CT molecular complexity index is 598. The molecule has 31 heavy (non-hydrogen) atoms. The molecule has 1 aliphatic heterocycles. The average molecular weight is 463 g/mol. The molecule has 0 saturated carbocycles. The normalized spacial score (nSPS) is 22.5. The minimum Gasteiger partial charge on any atom is -0.354 e. The number of nitrogens with zero attached hydrogens (tertiary/aromatic N) is 1. The van der Waals surface area contributed by atoms with Crippen LogP contribution in [0.25, 0.3) is 0 Å². The Labute approximate surface area is 187 Å². The lowest BCUT2D eigenvalue weighted by atomic mass is 10.0. The van der Waals surface area contributed by atoms with Crippen molar-refractivity contribution in [1.29, 1.82) is 0 Å². The summed E-state index contributed by atoms with van der Waals surface area (Å²) in [7, 11) is -2.28. The summed E-state index contributed by atoms with van der Waals surface area (Å²) in [5.74, 6) is -1.53. The van der Waals surface area contributed by atoms with Gasteiger partial charge >= 0.3 is 7.60 Å². The van der Waals surface area contributed by atoms with Crippen molar-refractivity contribution in [3.8, 4) is 0 Å². The predicted molar refractivity (Wildman–Crippen MR) is 123 cm³/mol. The van der Waals surface area contributed by atoms with E-state index in [1.807, 2.05) is 13.8 Å². The maximum Gasteiger partial charge on any atom is 0.342 e. The quantitative estimate of drug-likeness (QED) is 0.348.